The lowest BCUT2D eigenvalue weighted by Gasteiger charge is -2.25. The molecule has 0 saturated carbocycles. The molecular weight excluding hydrogens is 316 g/mol. The third kappa shape index (κ3) is 4.42. The lowest BCUT2D eigenvalue weighted by atomic mass is 10.2. The van der Waals surface area contributed by atoms with Gasteiger partial charge in [0.2, 0.25) is 5.13 Å². The molecule has 5 nitrogen and oxygen atoms in total. The first-order chi connectivity index (χ1) is 10.8. The molecule has 0 atom stereocenters. The van der Waals surface area contributed by atoms with Crippen molar-refractivity contribution in [1.82, 2.24) is 15.1 Å². The summed E-state index contributed by atoms with van der Waals surface area (Å²) < 4.78 is 6.37. The van der Waals surface area contributed by atoms with E-state index in [9.17, 15) is 0 Å². The van der Waals surface area contributed by atoms with E-state index in [1.807, 2.05) is 12.1 Å². The number of anilines is 2. The Hall–Kier alpha value is -1.15. The monoisotopic (exact) mass is 336 g/mol. The summed E-state index contributed by atoms with van der Waals surface area (Å²) in [5.41, 5.74) is 2.29. The van der Waals surface area contributed by atoms with E-state index in [4.69, 9.17) is 4.74 Å². The third-order valence-electron chi connectivity index (χ3n) is 3.53. The molecule has 1 fully saturated rings. The van der Waals surface area contributed by atoms with Crippen LogP contribution in [-0.4, -0.2) is 53.7 Å². The number of thioether (sulfide) groups is 1. The van der Waals surface area contributed by atoms with Crippen molar-refractivity contribution >= 4 is 33.9 Å². The second-order valence-corrected chi connectivity index (χ2v) is 7.44. The van der Waals surface area contributed by atoms with E-state index < -0.39 is 0 Å². The summed E-state index contributed by atoms with van der Waals surface area (Å²) in [5.74, 6) is 1.04. The summed E-state index contributed by atoms with van der Waals surface area (Å²) in [6.45, 7) is 6.95. The first-order valence-corrected chi connectivity index (χ1v) is 9.20. The van der Waals surface area contributed by atoms with Gasteiger partial charge in [0.15, 0.2) is 4.34 Å². The van der Waals surface area contributed by atoms with E-state index in [-0.39, 0.29) is 0 Å². The van der Waals surface area contributed by atoms with Gasteiger partial charge in [0, 0.05) is 31.1 Å². The fraction of sp³-hybridized carbons (Fsp3) is 0.467. The van der Waals surface area contributed by atoms with Crippen molar-refractivity contribution in [2.45, 2.75) is 11.3 Å². The van der Waals surface area contributed by atoms with Gasteiger partial charge in [-0.25, -0.2) is 0 Å². The summed E-state index contributed by atoms with van der Waals surface area (Å²) in [5, 5.41) is 12.7. The van der Waals surface area contributed by atoms with Crippen molar-refractivity contribution in [3.05, 3.63) is 29.8 Å². The Kier molecular flexibility index (Phi) is 5.66. The fourth-order valence-electron chi connectivity index (χ4n) is 2.23. The number of hydrogen-bond acceptors (Lipinski definition) is 7. The molecule has 0 spiro atoms. The Balaban J connectivity index is 1.47. The van der Waals surface area contributed by atoms with Gasteiger partial charge in [-0.05, 0) is 18.6 Å². The topological polar surface area (TPSA) is 50.3 Å². The number of aryl methyl sites for hydroxylation is 1. The van der Waals surface area contributed by atoms with Crippen LogP contribution in [0.5, 0.6) is 0 Å². The van der Waals surface area contributed by atoms with Crippen molar-refractivity contribution in [1.29, 1.82) is 0 Å². The van der Waals surface area contributed by atoms with Crippen molar-refractivity contribution in [3.8, 4) is 0 Å². The Bertz CT molecular complexity index is 599. The zero-order valence-corrected chi connectivity index (χ0v) is 14.3. The predicted octanol–water partition coefficient (Wildman–Crippen LogP) is 3.01. The molecule has 0 aliphatic carbocycles. The highest BCUT2D eigenvalue weighted by Crippen LogP contribution is 2.28. The quantitative estimate of drug-likeness (QED) is 0.819. The SMILES string of the molecule is Cc1ccccc1Nc1nnc(SCCN2CCOCC2)s1. The van der Waals surface area contributed by atoms with Crippen LogP contribution in [0.3, 0.4) is 0 Å². The summed E-state index contributed by atoms with van der Waals surface area (Å²) in [4.78, 5) is 2.43. The number of nitrogens with zero attached hydrogens (tertiary/aromatic N) is 3. The minimum Gasteiger partial charge on any atom is -0.379 e. The molecule has 1 saturated heterocycles. The standard InChI is InChI=1S/C15H20N4OS2/c1-12-4-2-3-5-13(12)16-14-17-18-15(22-14)21-11-8-19-6-9-20-10-7-19/h2-5H,6-11H2,1H3,(H,16,17). The number of para-hydroxylation sites is 1. The highest BCUT2D eigenvalue weighted by molar-refractivity contribution is 8.01. The maximum atomic E-state index is 5.36. The van der Waals surface area contributed by atoms with Gasteiger partial charge >= 0.3 is 0 Å². The fourth-order valence-corrected chi connectivity index (χ4v) is 4.07. The lowest BCUT2D eigenvalue weighted by Crippen LogP contribution is -2.37. The third-order valence-corrected chi connectivity index (χ3v) is 5.48. The van der Waals surface area contributed by atoms with E-state index in [1.54, 1.807) is 23.1 Å². The molecule has 118 valence electrons. The van der Waals surface area contributed by atoms with Gasteiger partial charge < -0.3 is 10.1 Å². The van der Waals surface area contributed by atoms with Crippen LogP contribution in [0.25, 0.3) is 0 Å². The number of hydrogen-bond donors (Lipinski definition) is 1. The molecule has 1 aromatic heterocycles. The lowest BCUT2D eigenvalue weighted by molar-refractivity contribution is 0.0410. The maximum absolute atomic E-state index is 5.36. The number of nitrogens with one attached hydrogen (secondary N) is 1. The number of ether oxygens (including phenoxy) is 1. The molecule has 0 radical (unpaired) electrons. The van der Waals surface area contributed by atoms with Crippen LogP contribution in [0.2, 0.25) is 0 Å². The maximum Gasteiger partial charge on any atom is 0.210 e. The van der Waals surface area contributed by atoms with E-state index in [0.29, 0.717) is 0 Å². The molecular formula is C15H20N4OS2. The van der Waals surface area contributed by atoms with E-state index >= 15 is 0 Å². The molecule has 1 aliphatic rings. The summed E-state index contributed by atoms with van der Waals surface area (Å²) in [7, 11) is 0. The Morgan fingerprint density at radius 1 is 1.27 bits per heavy atom. The molecule has 3 rings (SSSR count). The van der Waals surface area contributed by atoms with Crippen LogP contribution in [-0.2, 0) is 4.74 Å². The highest BCUT2D eigenvalue weighted by atomic mass is 32.2. The second-order valence-electron chi connectivity index (χ2n) is 5.12. The van der Waals surface area contributed by atoms with Crippen LogP contribution in [0.15, 0.2) is 28.6 Å². The largest absolute Gasteiger partial charge is 0.379 e. The van der Waals surface area contributed by atoms with Crippen molar-refractivity contribution in [2.75, 3.05) is 43.9 Å². The molecule has 1 aromatic carbocycles. The molecule has 2 heterocycles. The molecule has 2 aromatic rings. The molecule has 1 aliphatic heterocycles. The number of rotatable bonds is 6. The number of morpholine rings is 1. The average Bonchev–Trinajstić information content (AvgIpc) is 2.98. The van der Waals surface area contributed by atoms with Crippen LogP contribution in [0, 0.1) is 6.92 Å². The van der Waals surface area contributed by atoms with Gasteiger partial charge in [-0.15, -0.1) is 10.2 Å². The molecule has 0 bridgehead atoms. The molecule has 1 N–H and O–H groups in total. The zero-order chi connectivity index (χ0) is 15.2. The van der Waals surface area contributed by atoms with Gasteiger partial charge in [-0.3, -0.25) is 4.90 Å². The Morgan fingerprint density at radius 2 is 2.09 bits per heavy atom. The summed E-state index contributed by atoms with van der Waals surface area (Å²) in [6.07, 6.45) is 0. The molecule has 0 amide bonds. The second kappa shape index (κ2) is 7.92. The van der Waals surface area contributed by atoms with E-state index in [2.05, 4.69) is 39.5 Å². The van der Waals surface area contributed by atoms with Crippen LogP contribution in [0.1, 0.15) is 5.56 Å². The van der Waals surface area contributed by atoms with Crippen LogP contribution in [0.4, 0.5) is 10.8 Å². The number of aromatic nitrogens is 2. The van der Waals surface area contributed by atoms with Crippen molar-refractivity contribution in [3.63, 3.8) is 0 Å². The normalized spacial score (nSPS) is 15.9. The number of benzene rings is 1. The van der Waals surface area contributed by atoms with Gasteiger partial charge in [-0.1, -0.05) is 41.3 Å². The van der Waals surface area contributed by atoms with Crippen molar-refractivity contribution < 1.29 is 4.74 Å². The molecule has 22 heavy (non-hydrogen) atoms. The van der Waals surface area contributed by atoms with Gasteiger partial charge in [0.05, 0.1) is 13.2 Å². The Morgan fingerprint density at radius 3 is 2.91 bits per heavy atom. The molecule has 7 heteroatoms. The van der Waals surface area contributed by atoms with Gasteiger partial charge in [-0.2, -0.15) is 0 Å². The smallest absolute Gasteiger partial charge is 0.210 e. The van der Waals surface area contributed by atoms with Crippen LogP contribution >= 0.6 is 23.1 Å². The first kappa shape index (κ1) is 15.7. The summed E-state index contributed by atoms with van der Waals surface area (Å²) >= 11 is 3.38. The Labute approximate surface area is 139 Å². The van der Waals surface area contributed by atoms with E-state index in [1.165, 1.54) is 5.56 Å². The zero-order valence-electron chi connectivity index (χ0n) is 12.6. The molecule has 0 unspecified atom stereocenters. The average molecular weight is 336 g/mol. The van der Waals surface area contributed by atoms with Crippen molar-refractivity contribution in [2.24, 2.45) is 0 Å². The van der Waals surface area contributed by atoms with Gasteiger partial charge in [0.1, 0.15) is 0 Å². The van der Waals surface area contributed by atoms with E-state index in [0.717, 1.165) is 53.8 Å². The van der Waals surface area contributed by atoms with Crippen LogP contribution < -0.4 is 5.32 Å². The minimum absolute atomic E-state index is 0.850. The summed E-state index contributed by atoms with van der Waals surface area (Å²) in [6, 6.07) is 8.20. The van der Waals surface area contributed by atoms with Gasteiger partial charge in [0.25, 0.3) is 0 Å². The first-order valence-electron chi connectivity index (χ1n) is 7.40. The predicted molar refractivity (Wildman–Crippen MR) is 92.4 cm³/mol. The minimum atomic E-state index is 0.850. The highest BCUT2D eigenvalue weighted by Gasteiger charge is 2.11.